The highest BCUT2D eigenvalue weighted by atomic mass is 79.9. The summed E-state index contributed by atoms with van der Waals surface area (Å²) < 4.78 is 3.86. The first-order valence-electron chi connectivity index (χ1n) is 5.66. The molecule has 0 spiro atoms. The summed E-state index contributed by atoms with van der Waals surface area (Å²) in [7, 11) is 0. The zero-order chi connectivity index (χ0) is 13.1. The van der Waals surface area contributed by atoms with Crippen LogP contribution >= 0.6 is 27.5 Å². The number of rotatable bonds is 5. The van der Waals surface area contributed by atoms with Crippen LogP contribution in [0.15, 0.2) is 0 Å². The third kappa shape index (κ3) is 3.74. The minimum absolute atomic E-state index is 0.0836. The molecule has 1 N–H and O–H groups in total. The Hall–Kier alpha value is -0.490. The van der Waals surface area contributed by atoms with Crippen molar-refractivity contribution >= 4 is 33.4 Å². The van der Waals surface area contributed by atoms with Crippen LogP contribution < -0.4 is 5.32 Å². The van der Waals surface area contributed by atoms with E-state index in [1.165, 1.54) is 0 Å². The highest BCUT2D eigenvalue weighted by molar-refractivity contribution is 9.09. The molecule has 6 heteroatoms. The van der Waals surface area contributed by atoms with Crippen molar-refractivity contribution in [3.63, 3.8) is 0 Å². The van der Waals surface area contributed by atoms with Gasteiger partial charge in [-0.2, -0.15) is 0 Å². The third-order valence-corrected chi connectivity index (χ3v) is 4.59. The molecule has 0 saturated carbocycles. The molecule has 0 aliphatic carbocycles. The van der Waals surface area contributed by atoms with E-state index in [1.807, 2.05) is 20.8 Å². The third-order valence-electron chi connectivity index (χ3n) is 2.68. The standard InChI is InChI=1S/C11H18BrN3OS/c1-5-6-8-9(17-15-14-8)10(16)13-11(3,4)7(2)12/h7H,5-6H2,1-4H3,(H,13,16). The first-order valence-corrected chi connectivity index (χ1v) is 7.35. The molecule has 96 valence electrons. The molecule has 0 aliphatic rings. The molecule has 1 heterocycles. The average molecular weight is 320 g/mol. The fraction of sp³-hybridized carbons (Fsp3) is 0.727. The number of carbonyl (C=O) groups is 1. The largest absolute Gasteiger partial charge is 0.345 e. The van der Waals surface area contributed by atoms with Crippen LogP contribution in [0.25, 0.3) is 0 Å². The Kier molecular flexibility index (Phi) is 5.06. The molecule has 0 fully saturated rings. The van der Waals surface area contributed by atoms with Crippen molar-refractivity contribution in [3.05, 3.63) is 10.6 Å². The Bertz CT molecular complexity index is 390. The molecular weight excluding hydrogens is 302 g/mol. The molecule has 0 saturated heterocycles. The molecule has 1 atom stereocenters. The maximum Gasteiger partial charge on any atom is 0.265 e. The number of aryl methyl sites for hydroxylation is 1. The molecule has 0 aliphatic heterocycles. The van der Waals surface area contributed by atoms with E-state index < -0.39 is 0 Å². The Morgan fingerprint density at radius 2 is 2.24 bits per heavy atom. The number of alkyl halides is 1. The fourth-order valence-electron chi connectivity index (χ4n) is 1.23. The van der Waals surface area contributed by atoms with Crippen LogP contribution in [0.3, 0.4) is 0 Å². The zero-order valence-corrected chi connectivity index (χ0v) is 13.0. The summed E-state index contributed by atoms with van der Waals surface area (Å²) in [6.45, 7) is 8.04. The SMILES string of the molecule is CCCc1nnsc1C(=O)NC(C)(C)C(C)Br. The second-order valence-corrected chi connectivity index (χ2v) is 6.72. The molecular formula is C11H18BrN3OS. The van der Waals surface area contributed by atoms with E-state index in [0.29, 0.717) is 4.88 Å². The number of carbonyl (C=O) groups excluding carboxylic acids is 1. The Morgan fingerprint density at radius 1 is 1.59 bits per heavy atom. The summed E-state index contributed by atoms with van der Waals surface area (Å²) in [5.41, 5.74) is 0.498. The van der Waals surface area contributed by atoms with Gasteiger partial charge in [0.15, 0.2) is 0 Å². The van der Waals surface area contributed by atoms with Gasteiger partial charge in [-0.3, -0.25) is 4.79 Å². The van der Waals surface area contributed by atoms with Crippen LogP contribution in [0, 0.1) is 0 Å². The Balaban J connectivity index is 2.80. The highest BCUT2D eigenvalue weighted by Gasteiger charge is 2.28. The van der Waals surface area contributed by atoms with E-state index in [9.17, 15) is 4.79 Å². The number of amides is 1. The molecule has 1 amide bonds. The highest BCUT2D eigenvalue weighted by Crippen LogP contribution is 2.19. The molecule has 0 aromatic carbocycles. The van der Waals surface area contributed by atoms with E-state index in [2.05, 4.69) is 37.8 Å². The molecule has 1 aromatic rings. The molecule has 17 heavy (non-hydrogen) atoms. The van der Waals surface area contributed by atoms with Gasteiger partial charge in [0.05, 0.1) is 5.69 Å². The second kappa shape index (κ2) is 5.91. The van der Waals surface area contributed by atoms with Crippen molar-refractivity contribution in [1.82, 2.24) is 14.9 Å². The number of hydrogen-bond donors (Lipinski definition) is 1. The van der Waals surface area contributed by atoms with Gasteiger partial charge in [0, 0.05) is 10.4 Å². The topological polar surface area (TPSA) is 54.9 Å². The summed E-state index contributed by atoms with van der Waals surface area (Å²) >= 11 is 4.66. The van der Waals surface area contributed by atoms with Crippen molar-refractivity contribution in [2.45, 2.75) is 50.9 Å². The quantitative estimate of drug-likeness (QED) is 0.849. The van der Waals surface area contributed by atoms with E-state index >= 15 is 0 Å². The van der Waals surface area contributed by atoms with E-state index in [0.717, 1.165) is 30.1 Å². The van der Waals surface area contributed by atoms with E-state index in [-0.39, 0.29) is 16.3 Å². The molecule has 0 radical (unpaired) electrons. The lowest BCUT2D eigenvalue weighted by Crippen LogP contribution is -2.48. The lowest BCUT2D eigenvalue weighted by molar-refractivity contribution is 0.0917. The summed E-state index contributed by atoms with van der Waals surface area (Å²) in [6.07, 6.45) is 1.76. The maximum absolute atomic E-state index is 12.1. The van der Waals surface area contributed by atoms with Gasteiger partial charge in [-0.25, -0.2) is 0 Å². The molecule has 4 nitrogen and oxygen atoms in total. The number of aromatic nitrogens is 2. The van der Waals surface area contributed by atoms with Crippen LogP contribution in [-0.4, -0.2) is 25.9 Å². The minimum atomic E-state index is -0.301. The molecule has 1 unspecified atom stereocenters. The Labute approximate surface area is 114 Å². The van der Waals surface area contributed by atoms with Gasteiger partial charge in [-0.15, -0.1) is 5.10 Å². The van der Waals surface area contributed by atoms with Gasteiger partial charge in [0.25, 0.3) is 5.91 Å². The smallest absolute Gasteiger partial charge is 0.265 e. The monoisotopic (exact) mass is 319 g/mol. The van der Waals surface area contributed by atoms with Crippen LogP contribution in [0.5, 0.6) is 0 Å². The van der Waals surface area contributed by atoms with Gasteiger partial charge in [0.2, 0.25) is 0 Å². The lowest BCUT2D eigenvalue weighted by atomic mass is 10.0. The van der Waals surface area contributed by atoms with Gasteiger partial charge in [0.1, 0.15) is 4.88 Å². The fourth-order valence-corrected chi connectivity index (χ4v) is 1.95. The minimum Gasteiger partial charge on any atom is -0.345 e. The van der Waals surface area contributed by atoms with Gasteiger partial charge >= 0.3 is 0 Å². The van der Waals surface area contributed by atoms with Crippen molar-refractivity contribution < 1.29 is 4.79 Å². The van der Waals surface area contributed by atoms with Crippen LogP contribution in [0.2, 0.25) is 0 Å². The first kappa shape index (κ1) is 14.6. The van der Waals surface area contributed by atoms with Crippen LogP contribution in [-0.2, 0) is 6.42 Å². The molecule has 1 rings (SSSR count). The first-order chi connectivity index (χ1) is 7.88. The summed E-state index contributed by atoms with van der Waals surface area (Å²) in [5.74, 6) is -0.0836. The lowest BCUT2D eigenvalue weighted by Gasteiger charge is -2.29. The van der Waals surface area contributed by atoms with Crippen molar-refractivity contribution in [2.24, 2.45) is 0 Å². The number of nitrogens with one attached hydrogen (secondary N) is 1. The van der Waals surface area contributed by atoms with E-state index in [4.69, 9.17) is 0 Å². The Morgan fingerprint density at radius 3 is 2.76 bits per heavy atom. The van der Waals surface area contributed by atoms with Gasteiger partial charge < -0.3 is 5.32 Å². The van der Waals surface area contributed by atoms with Crippen LogP contribution in [0.1, 0.15) is 49.5 Å². The predicted molar refractivity (Wildman–Crippen MR) is 73.8 cm³/mol. The van der Waals surface area contributed by atoms with Gasteiger partial charge in [-0.1, -0.05) is 40.7 Å². The number of halogens is 1. The predicted octanol–water partition coefficient (Wildman–Crippen LogP) is 2.78. The average Bonchev–Trinajstić information content (AvgIpc) is 2.65. The normalized spacial score (nSPS) is 13.5. The van der Waals surface area contributed by atoms with Crippen molar-refractivity contribution in [1.29, 1.82) is 0 Å². The van der Waals surface area contributed by atoms with Crippen LogP contribution in [0.4, 0.5) is 0 Å². The van der Waals surface area contributed by atoms with E-state index in [1.54, 1.807) is 0 Å². The second-order valence-electron chi connectivity index (χ2n) is 4.59. The molecule has 1 aromatic heterocycles. The summed E-state index contributed by atoms with van der Waals surface area (Å²) in [6, 6.07) is 0. The van der Waals surface area contributed by atoms with Crippen molar-refractivity contribution in [2.75, 3.05) is 0 Å². The van der Waals surface area contributed by atoms with Gasteiger partial charge in [-0.05, 0) is 31.8 Å². The van der Waals surface area contributed by atoms with Crippen molar-refractivity contribution in [3.8, 4) is 0 Å². The number of hydrogen-bond acceptors (Lipinski definition) is 4. The zero-order valence-electron chi connectivity index (χ0n) is 10.6. The number of nitrogens with zero attached hydrogens (tertiary/aromatic N) is 2. The molecule has 0 bridgehead atoms. The summed E-state index contributed by atoms with van der Waals surface area (Å²) in [5, 5.41) is 7.00. The summed E-state index contributed by atoms with van der Waals surface area (Å²) in [4.78, 5) is 12.9. The maximum atomic E-state index is 12.1.